The minimum absolute atomic E-state index is 0.0261. The Labute approximate surface area is 187 Å². The number of nitrogens with one attached hydrogen (secondary N) is 1. The van der Waals surface area contributed by atoms with E-state index in [-0.39, 0.29) is 23.5 Å². The maximum absolute atomic E-state index is 12.1. The summed E-state index contributed by atoms with van der Waals surface area (Å²) in [4.78, 5) is 23.1. The van der Waals surface area contributed by atoms with Crippen LogP contribution in [-0.2, 0) is 19.0 Å². The predicted octanol–water partition coefficient (Wildman–Crippen LogP) is 4.37. The van der Waals surface area contributed by atoms with Gasteiger partial charge in [-0.05, 0) is 71.4 Å². The summed E-state index contributed by atoms with van der Waals surface area (Å²) >= 11 is 0. The van der Waals surface area contributed by atoms with Gasteiger partial charge in [0.15, 0.2) is 0 Å². The highest BCUT2D eigenvalue weighted by Crippen LogP contribution is 2.29. The highest BCUT2D eigenvalue weighted by molar-refractivity contribution is 5.89. The van der Waals surface area contributed by atoms with Crippen molar-refractivity contribution < 1.29 is 23.8 Å². The zero-order valence-corrected chi connectivity index (χ0v) is 19.7. The summed E-state index contributed by atoms with van der Waals surface area (Å²) in [6.07, 6.45) is 4.02. The Morgan fingerprint density at radius 3 is 2.45 bits per heavy atom. The molecule has 1 aliphatic heterocycles. The first-order valence-electron chi connectivity index (χ1n) is 11.5. The molecule has 1 heterocycles. The Kier molecular flexibility index (Phi) is 9.97. The number of esters is 2. The molecule has 0 aromatic heterocycles. The van der Waals surface area contributed by atoms with Crippen molar-refractivity contribution in [2.75, 3.05) is 19.8 Å². The van der Waals surface area contributed by atoms with Gasteiger partial charge >= 0.3 is 11.9 Å². The Hall–Kier alpha value is -1.92. The number of carbonyl (C=O) groups is 2. The summed E-state index contributed by atoms with van der Waals surface area (Å²) in [6, 6.07) is 9.95. The number of hydrogen-bond donors (Lipinski definition) is 1. The van der Waals surface area contributed by atoms with Crippen molar-refractivity contribution in [1.82, 2.24) is 5.32 Å². The molecule has 2 fully saturated rings. The van der Waals surface area contributed by atoms with Crippen molar-refractivity contribution in [3.05, 3.63) is 35.9 Å². The van der Waals surface area contributed by atoms with Gasteiger partial charge in [0, 0.05) is 18.7 Å². The maximum atomic E-state index is 12.1. The van der Waals surface area contributed by atoms with Crippen LogP contribution in [0.25, 0.3) is 0 Å². The van der Waals surface area contributed by atoms with Crippen LogP contribution in [0.2, 0.25) is 0 Å². The third-order valence-electron chi connectivity index (χ3n) is 5.55. The SMILES string of the molecule is CCOC(=O)c1ccccc1.C[C@@H]1COCC[C@@H]1NC1CC[C@H](C(=O)OC(C)(C)C)C1. The third kappa shape index (κ3) is 8.99. The fraction of sp³-hybridized carbons (Fsp3) is 0.680. The lowest BCUT2D eigenvalue weighted by Gasteiger charge is -2.32. The first kappa shape index (κ1) is 25.3. The van der Waals surface area contributed by atoms with Gasteiger partial charge < -0.3 is 19.5 Å². The Morgan fingerprint density at radius 1 is 1.13 bits per heavy atom. The average Bonchev–Trinajstić information content (AvgIpc) is 3.19. The Morgan fingerprint density at radius 2 is 1.84 bits per heavy atom. The van der Waals surface area contributed by atoms with Crippen molar-refractivity contribution in [3.63, 3.8) is 0 Å². The largest absolute Gasteiger partial charge is 0.462 e. The molecule has 1 N–H and O–H groups in total. The van der Waals surface area contributed by atoms with Crippen LogP contribution in [0.15, 0.2) is 30.3 Å². The quantitative estimate of drug-likeness (QED) is 0.695. The molecule has 1 aromatic carbocycles. The van der Waals surface area contributed by atoms with Crippen LogP contribution in [0.5, 0.6) is 0 Å². The van der Waals surface area contributed by atoms with Crippen molar-refractivity contribution in [1.29, 1.82) is 0 Å². The van der Waals surface area contributed by atoms with Crippen LogP contribution < -0.4 is 5.32 Å². The molecule has 6 nitrogen and oxygen atoms in total. The van der Waals surface area contributed by atoms with E-state index in [0.29, 0.717) is 30.2 Å². The number of hydrogen-bond acceptors (Lipinski definition) is 6. The lowest BCUT2D eigenvalue weighted by atomic mass is 9.96. The van der Waals surface area contributed by atoms with Crippen LogP contribution in [0.4, 0.5) is 0 Å². The summed E-state index contributed by atoms with van der Waals surface area (Å²) in [7, 11) is 0. The molecule has 1 saturated heterocycles. The average molecular weight is 434 g/mol. The maximum Gasteiger partial charge on any atom is 0.338 e. The molecule has 3 rings (SSSR count). The van der Waals surface area contributed by atoms with E-state index in [2.05, 4.69) is 12.2 Å². The highest BCUT2D eigenvalue weighted by atomic mass is 16.6. The molecular formula is C25H39NO5. The smallest absolute Gasteiger partial charge is 0.338 e. The van der Waals surface area contributed by atoms with E-state index in [1.165, 1.54) is 0 Å². The topological polar surface area (TPSA) is 73.9 Å². The van der Waals surface area contributed by atoms with E-state index in [0.717, 1.165) is 38.9 Å². The van der Waals surface area contributed by atoms with Gasteiger partial charge in [-0.1, -0.05) is 25.1 Å². The van der Waals surface area contributed by atoms with E-state index in [1.54, 1.807) is 19.1 Å². The molecule has 0 amide bonds. The van der Waals surface area contributed by atoms with Crippen molar-refractivity contribution in [2.45, 2.75) is 78.0 Å². The molecule has 0 radical (unpaired) electrons. The second kappa shape index (κ2) is 12.2. The van der Waals surface area contributed by atoms with Crippen LogP contribution >= 0.6 is 0 Å². The number of ether oxygens (including phenoxy) is 3. The fourth-order valence-corrected chi connectivity index (χ4v) is 3.95. The predicted molar refractivity (Wildman–Crippen MR) is 121 cm³/mol. The number of carbonyl (C=O) groups excluding carboxylic acids is 2. The Balaban J connectivity index is 0.000000262. The van der Waals surface area contributed by atoms with E-state index >= 15 is 0 Å². The van der Waals surface area contributed by atoms with Crippen LogP contribution in [0.1, 0.15) is 70.7 Å². The van der Waals surface area contributed by atoms with Gasteiger partial charge in [0.25, 0.3) is 0 Å². The minimum atomic E-state index is -0.377. The van der Waals surface area contributed by atoms with E-state index in [1.807, 2.05) is 39.0 Å². The molecule has 1 aliphatic carbocycles. The zero-order chi connectivity index (χ0) is 22.9. The minimum Gasteiger partial charge on any atom is -0.462 e. The van der Waals surface area contributed by atoms with Crippen LogP contribution in [0.3, 0.4) is 0 Å². The molecule has 4 atom stereocenters. The lowest BCUT2D eigenvalue weighted by molar-refractivity contribution is -0.159. The zero-order valence-electron chi connectivity index (χ0n) is 19.7. The molecule has 174 valence electrons. The van der Waals surface area contributed by atoms with Gasteiger partial charge in [-0.15, -0.1) is 0 Å². The molecule has 6 heteroatoms. The normalized spacial score (nSPS) is 25.8. The summed E-state index contributed by atoms with van der Waals surface area (Å²) < 4.78 is 15.8. The van der Waals surface area contributed by atoms with Gasteiger partial charge in [0.2, 0.25) is 0 Å². The second-order valence-corrected chi connectivity index (χ2v) is 9.44. The molecule has 1 unspecified atom stereocenters. The van der Waals surface area contributed by atoms with Gasteiger partial charge in [-0.2, -0.15) is 0 Å². The summed E-state index contributed by atoms with van der Waals surface area (Å²) in [6.45, 7) is 11.9. The molecule has 0 spiro atoms. The van der Waals surface area contributed by atoms with Gasteiger partial charge in [-0.25, -0.2) is 4.79 Å². The van der Waals surface area contributed by atoms with Crippen molar-refractivity contribution in [3.8, 4) is 0 Å². The van der Waals surface area contributed by atoms with E-state index in [9.17, 15) is 9.59 Å². The Bertz CT molecular complexity index is 685. The molecular weight excluding hydrogens is 394 g/mol. The lowest BCUT2D eigenvalue weighted by Crippen LogP contribution is -2.45. The first-order chi connectivity index (χ1) is 14.7. The molecule has 1 saturated carbocycles. The van der Waals surface area contributed by atoms with Crippen molar-refractivity contribution >= 4 is 11.9 Å². The molecule has 31 heavy (non-hydrogen) atoms. The van der Waals surface area contributed by atoms with Crippen LogP contribution in [0, 0.1) is 11.8 Å². The standard InChI is InChI=1S/C16H29NO3.C9H10O2/c1-11-10-19-8-7-14(11)17-13-6-5-12(9-13)15(18)20-16(2,3)4;1-2-11-9(10)8-6-4-3-5-7-8/h11-14,17H,5-10H2,1-4H3;3-7H,2H2,1H3/t11-,12+,13?,14+;/m1./s1. The van der Waals surface area contributed by atoms with Crippen LogP contribution in [-0.4, -0.2) is 49.4 Å². The van der Waals surface area contributed by atoms with E-state index < -0.39 is 0 Å². The fourth-order valence-electron chi connectivity index (χ4n) is 3.95. The van der Waals surface area contributed by atoms with E-state index in [4.69, 9.17) is 14.2 Å². The van der Waals surface area contributed by atoms with Crippen molar-refractivity contribution in [2.24, 2.45) is 11.8 Å². The highest BCUT2D eigenvalue weighted by Gasteiger charge is 2.35. The summed E-state index contributed by atoms with van der Waals surface area (Å²) in [5.74, 6) is 0.348. The summed E-state index contributed by atoms with van der Waals surface area (Å²) in [5.41, 5.74) is 0.229. The second-order valence-electron chi connectivity index (χ2n) is 9.44. The molecule has 1 aromatic rings. The number of rotatable bonds is 5. The van der Waals surface area contributed by atoms with Gasteiger partial charge in [0.1, 0.15) is 5.60 Å². The monoisotopic (exact) mass is 433 g/mol. The molecule has 0 bridgehead atoms. The third-order valence-corrected chi connectivity index (χ3v) is 5.55. The van der Waals surface area contributed by atoms with Gasteiger partial charge in [-0.3, -0.25) is 4.79 Å². The number of benzene rings is 1. The van der Waals surface area contributed by atoms with Gasteiger partial charge in [0.05, 0.1) is 24.7 Å². The first-order valence-corrected chi connectivity index (χ1v) is 11.5. The molecule has 2 aliphatic rings. The summed E-state index contributed by atoms with van der Waals surface area (Å²) in [5, 5.41) is 3.73.